The largest absolute Gasteiger partial charge is 0.466 e. The van der Waals surface area contributed by atoms with E-state index in [1.165, 1.54) is 25.3 Å². The van der Waals surface area contributed by atoms with E-state index in [1.54, 1.807) is 18.2 Å². The summed E-state index contributed by atoms with van der Waals surface area (Å²) in [5, 5.41) is 0. The van der Waals surface area contributed by atoms with E-state index >= 15 is 0 Å². The van der Waals surface area contributed by atoms with E-state index in [0.29, 0.717) is 23.4 Å². The fraction of sp³-hybridized carbons (Fsp3) is 0.143. The van der Waals surface area contributed by atoms with Crippen molar-refractivity contribution in [3.8, 4) is 11.5 Å². The van der Waals surface area contributed by atoms with Crippen LogP contribution in [0.5, 0.6) is 11.5 Å². The van der Waals surface area contributed by atoms with Crippen molar-refractivity contribution in [2.75, 3.05) is 13.9 Å². The summed E-state index contributed by atoms with van der Waals surface area (Å²) >= 11 is 0. The first-order valence-electron chi connectivity index (χ1n) is 5.56. The maximum absolute atomic E-state index is 11.1. The van der Waals surface area contributed by atoms with Crippen LogP contribution < -0.4 is 9.47 Å². The third-order valence-electron chi connectivity index (χ3n) is 2.55. The molecular weight excluding hydrogens is 248 g/mol. The average molecular weight is 260 g/mol. The van der Waals surface area contributed by atoms with Gasteiger partial charge in [-0.05, 0) is 35.4 Å². The zero-order valence-corrected chi connectivity index (χ0v) is 10.3. The molecule has 0 N–H and O–H groups in total. The summed E-state index contributed by atoms with van der Waals surface area (Å²) in [4.78, 5) is 21.7. The molecule has 0 saturated carbocycles. The first-order chi connectivity index (χ1) is 9.24. The number of ether oxygens (including phenoxy) is 3. The number of esters is 1. The van der Waals surface area contributed by atoms with Gasteiger partial charge in [0, 0.05) is 6.08 Å². The summed E-state index contributed by atoms with van der Waals surface area (Å²) in [5.74, 6) is 0.782. The van der Waals surface area contributed by atoms with Crippen LogP contribution in [0.3, 0.4) is 0 Å². The molecule has 0 spiro atoms. The molecule has 0 fully saturated rings. The van der Waals surface area contributed by atoms with Crippen molar-refractivity contribution in [3.05, 3.63) is 42.0 Å². The first-order valence-corrected chi connectivity index (χ1v) is 5.56. The van der Waals surface area contributed by atoms with Crippen LogP contribution in [0.4, 0.5) is 0 Å². The number of rotatable bonds is 4. The normalized spacial score (nSPS) is 13.6. The van der Waals surface area contributed by atoms with Crippen molar-refractivity contribution in [2.24, 2.45) is 0 Å². The molecule has 0 aromatic heterocycles. The Bertz CT molecular complexity index is 557. The molecule has 0 amide bonds. The molecule has 1 heterocycles. The molecule has 0 radical (unpaired) electrons. The highest BCUT2D eigenvalue weighted by Crippen LogP contribution is 2.34. The SMILES string of the molecule is COC(=O)/C=C/C(=C\C=O)c1ccc2c(c1)OCO2. The fourth-order valence-electron chi connectivity index (χ4n) is 1.62. The van der Waals surface area contributed by atoms with E-state index in [4.69, 9.17) is 9.47 Å². The van der Waals surface area contributed by atoms with Gasteiger partial charge in [0.25, 0.3) is 0 Å². The Morgan fingerprint density at radius 2 is 2.05 bits per heavy atom. The lowest BCUT2D eigenvalue weighted by molar-refractivity contribution is -0.134. The van der Waals surface area contributed by atoms with Gasteiger partial charge in [-0.3, -0.25) is 4.79 Å². The molecule has 5 nitrogen and oxygen atoms in total. The van der Waals surface area contributed by atoms with Crippen LogP contribution in [0.25, 0.3) is 5.57 Å². The van der Waals surface area contributed by atoms with Crippen LogP contribution in [0.2, 0.25) is 0 Å². The molecule has 0 unspecified atom stereocenters. The lowest BCUT2D eigenvalue weighted by Crippen LogP contribution is -1.94. The Labute approximate surface area is 110 Å². The van der Waals surface area contributed by atoms with Gasteiger partial charge in [-0.1, -0.05) is 6.07 Å². The standard InChI is InChI=1S/C14H12O5/c1-17-14(16)5-3-10(6-7-15)11-2-4-12-13(8-11)19-9-18-12/h2-8H,9H2,1H3/b5-3+,10-6+. The van der Waals surface area contributed by atoms with Crippen molar-refractivity contribution in [1.82, 2.24) is 0 Å². The average Bonchev–Trinajstić information content (AvgIpc) is 2.90. The van der Waals surface area contributed by atoms with Crippen LogP contribution in [0, 0.1) is 0 Å². The van der Waals surface area contributed by atoms with E-state index < -0.39 is 5.97 Å². The van der Waals surface area contributed by atoms with Crippen LogP contribution in [0.1, 0.15) is 5.56 Å². The van der Waals surface area contributed by atoms with Crippen LogP contribution >= 0.6 is 0 Å². The summed E-state index contributed by atoms with van der Waals surface area (Å²) in [6, 6.07) is 5.28. The predicted octanol–water partition coefficient (Wildman–Crippen LogP) is 1.73. The van der Waals surface area contributed by atoms with Gasteiger partial charge in [-0.2, -0.15) is 0 Å². The molecule has 98 valence electrons. The lowest BCUT2D eigenvalue weighted by atomic mass is 10.0. The quantitative estimate of drug-likeness (QED) is 0.357. The van der Waals surface area contributed by atoms with E-state index in [-0.39, 0.29) is 6.79 Å². The molecule has 0 bridgehead atoms. The van der Waals surface area contributed by atoms with Gasteiger partial charge in [-0.25, -0.2) is 4.79 Å². The van der Waals surface area contributed by atoms with Gasteiger partial charge in [0.1, 0.15) is 6.29 Å². The van der Waals surface area contributed by atoms with Crippen LogP contribution in [0.15, 0.2) is 36.4 Å². The number of allylic oxidation sites excluding steroid dienone is 3. The number of aldehydes is 1. The fourth-order valence-corrected chi connectivity index (χ4v) is 1.62. The maximum Gasteiger partial charge on any atom is 0.330 e. The molecular formula is C14H12O5. The van der Waals surface area contributed by atoms with Gasteiger partial charge in [-0.15, -0.1) is 0 Å². The van der Waals surface area contributed by atoms with Gasteiger partial charge in [0.05, 0.1) is 7.11 Å². The third kappa shape index (κ3) is 3.01. The molecule has 0 saturated heterocycles. The maximum atomic E-state index is 11.1. The van der Waals surface area contributed by atoms with Crippen molar-refractivity contribution in [1.29, 1.82) is 0 Å². The van der Waals surface area contributed by atoms with Gasteiger partial charge >= 0.3 is 5.97 Å². The molecule has 19 heavy (non-hydrogen) atoms. The number of hydrogen-bond donors (Lipinski definition) is 0. The molecule has 0 aliphatic carbocycles. The smallest absolute Gasteiger partial charge is 0.330 e. The minimum Gasteiger partial charge on any atom is -0.466 e. The molecule has 1 aromatic carbocycles. The summed E-state index contributed by atoms with van der Waals surface area (Å²) in [6.45, 7) is 0.184. The van der Waals surface area contributed by atoms with E-state index in [9.17, 15) is 9.59 Å². The zero-order chi connectivity index (χ0) is 13.7. The predicted molar refractivity (Wildman–Crippen MR) is 67.8 cm³/mol. The Kier molecular flexibility index (Phi) is 3.97. The monoisotopic (exact) mass is 260 g/mol. The summed E-state index contributed by atoms with van der Waals surface area (Å²) in [7, 11) is 1.29. The number of carbonyl (C=O) groups excluding carboxylic acids is 2. The van der Waals surface area contributed by atoms with Gasteiger partial charge in [0.15, 0.2) is 11.5 Å². The Hall–Kier alpha value is -2.56. The topological polar surface area (TPSA) is 61.8 Å². The van der Waals surface area contributed by atoms with Crippen molar-refractivity contribution in [2.45, 2.75) is 0 Å². The summed E-state index contributed by atoms with van der Waals surface area (Å²) in [6.07, 6.45) is 4.77. The second-order valence-electron chi connectivity index (χ2n) is 3.68. The molecule has 2 rings (SSSR count). The number of methoxy groups -OCH3 is 1. The van der Waals surface area contributed by atoms with Crippen molar-refractivity contribution >= 4 is 17.8 Å². The second-order valence-corrected chi connectivity index (χ2v) is 3.68. The molecule has 0 atom stereocenters. The second kappa shape index (κ2) is 5.86. The van der Waals surface area contributed by atoms with Gasteiger partial charge < -0.3 is 14.2 Å². The molecule has 1 aromatic rings. The highest BCUT2D eigenvalue weighted by molar-refractivity contribution is 5.91. The molecule has 1 aliphatic rings. The van der Waals surface area contributed by atoms with Gasteiger partial charge in [0.2, 0.25) is 6.79 Å². The first kappa shape index (κ1) is 12.9. The van der Waals surface area contributed by atoms with Crippen molar-refractivity contribution in [3.63, 3.8) is 0 Å². The number of carbonyl (C=O) groups is 2. The van der Waals surface area contributed by atoms with E-state index in [2.05, 4.69) is 4.74 Å². The minimum atomic E-state index is -0.488. The van der Waals surface area contributed by atoms with Crippen molar-refractivity contribution < 1.29 is 23.8 Å². The molecule has 5 heteroatoms. The Balaban J connectivity index is 2.29. The minimum absolute atomic E-state index is 0.184. The zero-order valence-electron chi connectivity index (χ0n) is 10.3. The van der Waals surface area contributed by atoms with E-state index in [0.717, 1.165) is 5.56 Å². The summed E-state index contributed by atoms with van der Waals surface area (Å²) < 4.78 is 15.0. The van der Waals surface area contributed by atoms with Crippen LogP contribution in [-0.2, 0) is 14.3 Å². The number of fused-ring (bicyclic) bond motifs is 1. The Morgan fingerprint density at radius 3 is 2.79 bits per heavy atom. The molecule has 1 aliphatic heterocycles. The lowest BCUT2D eigenvalue weighted by Gasteiger charge is -2.03. The Morgan fingerprint density at radius 1 is 1.26 bits per heavy atom. The number of benzene rings is 1. The third-order valence-corrected chi connectivity index (χ3v) is 2.55. The summed E-state index contributed by atoms with van der Waals surface area (Å²) in [5.41, 5.74) is 1.33. The van der Waals surface area contributed by atoms with Crippen LogP contribution in [-0.4, -0.2) is 26.2 Å². The highest BCUT2D eigenvalue weighted by atomic mass is 16.7. The van der Waals surface area contributed by atoms with E-state index in [1.807, 2.05) is 0 Å². The highest BCUT2D eigenvalue weighted by Gasteiger charge is 2.14. The number of hydrogen-bond acceptors (Lipinski definition) is 5.